The third-order valence-electron chi connectivity index (χ3n) is 3.03. The summed E-state index contributed by atoms with van der Waals surface area (Å²) in [6, 6.07) is 9.84. The normalized spacial score (nSPS) is 12.2. The molecule has 0 N–H and O–H groups in total. The van der Waals surface area contributed by atoms with Gasteiger partial charge in [-0.05, 0) is 40.2 Å². The third-order valence-corrected chi connectivity index (χ3v) is 3.03. The van der Waals surface area contributed by atoms with Crippen molar-refractivity contribution in [1.82, 2.24) is 4.90 Å². The van der Waals surface area contributed by atoms with Crippen LogP contribution in [0, 0.1) is 6.92 Å². The van der Waals surface area contributed by atoms with E-state index < -0.39 is 0 Å². The predicted molar refractivity (Wildman–Crippen MR) is 77.2 cm³/mol. The smallest absolute Gasteiger partial charge is 0.0171 e. The fourth-order valence-corrected chi connectivity index (χ4v) is 2.01. The van der Waals surface area contributed by atoms with Crippen molar-refractivity contribution in [2.75, 3.05) is 6.54 Å². The van der Waals surface area contributed by atoms with E-state index >= 15 is 0 Å². The summed E-state index contributed by atoms with van der Waals surface area (Å²) >= 11 is 0. The van der Waals surface area contributed by atoms with Gasteiger partial charge in [0.05, 0.1) is 0 Å². The topological polar surface area (TPSA) is 3.24 Å². The van der Waals surface area contributed by atoms with Gasteiger partial charge in [-0.2, -0.15) is 0 Å². The van der Waals surface area contributed by atoms with E-state index in [9.17, 15) is 0 Å². The van der Waals surface area contributed by atoms with Gasteiger partial charge in [0, 0.05) is 18.6 Å². The fourth-order valence-electron chi connectivity index (χ4n) is 2.01. The fraction of sp³-hybridized carbons (Fsp3) is 0.500. The van der Waals surface area contributed by atoms with E-state index in [1.165, 1.54) is 11.1 Å². The van der Waals surface area contributed by atoms with Gasteiger partial charge in [-0.3, -0.25) is 4.90 Å². The van der Waals surface area contributed by atoms with Crippen LogP contribution in [-0.2, 0) is 0 Å². The molecule has 0 unspecified atom stereocenters. The SMILES string of the molecule is Cc1ccc(/C=C/CN(C(C)C)C(C)C)cc1. The van der Waals surface area contributed by atoms with Gasteiger partial charge in [0.2, 0.25) is 0 Å². The van der Waals surface area contributed by atoms with Gasteiger partial charge < -0.3 is 0 Å². The monoisotopic (exact) mass is 231 g/mol. The van der Waals surface area contributed by atoms with Crippen LogP contribution in [-0.4, -0.2) is 23.5 Å². The van der Waals surface area contributed by atoms with Crippen LogP contribution in [0.3, 0.4) is 0 Å². The van der Waals surface area contributed by atoms with Crippen molar-refractivity contribution >= 4 is 6.08 Å². The number of aryl methyl sites for hydroxylation is 1. The van der Waals surface area contributed by atoms with Gasteiger partial charge >= 0.3 is 0 Å². The minimum Gasteiger partial charge on any atom is -0.295 e. The molecule has 1 rings (SSSR count). The summed E-state index contributed by atoms with van der Waals surface area (Å²) in [7, 11) is 0. The Bertz CT molecular complexity index is 338. The largest absolute Gasteiger partial charge is 0.295 e. The maximum absolute atomic E-state index is 2.48. The second-order valence-electron chi connectivity index (χ2n) is 5.20. The van der Waals surface area contributed by atoms with Crippen LogP contribution in [0.15, 0.2) is 30.3 Å². The van der Waals surface area contributed by atoms with Crippen molar-refractivity contribution in [3.63, 3.8) is 0 Å². The van der Waals surface area contributed by atoms with E-state index in [0.29, 0.717) is 12.1 Å². The average molecular weight is 231 g/mol. The average Bonchev–Trinajstić information content (AvgIpc) is 2.25. The number of hydrogen-bond donors (Lipinski definition) is 0. The molecule has 0 aliphatic carbocycles. The van der Waals surface area contributed by atoms with Crippen LogP contribution in [0.1, 0.15) is 38.8 Å². The zero-order valence-electron chi connectivity index (χ0n) is 11.8. The summed E-state index contributed by atoms with van der Waals surface area (Å²) in [6.45, 7) is 12.1. The van der Waals surface area contributed by atoms with Crippen LogP contribution in [0.2, 0.25) is 0 Å². The van der Waals surface area contributed by atoms with Crippen molar-refractivity contribution in [3.05, 3.63) is 41.5 Å². The Morgan fingerprint density at radius 3 is 2.00 bits per heavy atom. The van der Waals surface area contributed by atoms with Crippen molar-refractivity contribution in [1.29, 1.82) is 0 Å². The van der Waals surface area contributed by atoms with Gasteiger partial charge in [-0.1, -0.05) is 42.0 Å². The molecule has 0 spiro atoms. The number of rotatable bonds is 5. The van der Waals surface area contributed by atoms with Gasteiger partial charge in [0.1, 0.15) is 0 Å². The molecule has 0 bridgehead atoms. The number of benzene rings is 1. The molecule has 0 radical (unpaired) electrons. The van der Waals surface area contributed by atoms with Crippen LogP contribution in [0.4, 0.5) is 0 Å². The molecular formula is C16H25N. The second kappa shape index (κ2) is 6.61. The highest BCUT2D eigenvalue weighted by molar-refractivity contribution is 5.49. The molecule has 94 valence electrons. The molecule has 1 heteroatoms. The van der Waals surface area contributed by atoms with Crippen LogP contribution < -0.4 is 0 Å². The molecule has 0 heterocycles. The van der Waals surface area contributed by atoms with E-state index in [1.807, 2.05) is 0 Å². The minimum absolute atomic E-state index is 0.595. The zero-order chi connectivity index (χ0) is 12.8. The van der Waals surface area contributed by atoms with Crippen molar-refractivity contribution in [2.24, 2.45) is 0 Å². The first kappa shape index (κ1) is 14.0. The summed E-state index contributed by atoms with van der Waals surface area (Å²) in [6.07, 6.45) is 4.46. The molecule has 17 heavy (non-hydrogen) atoms. The van der Waals surface area contributed by atoms with E-state index in [4.69, 9.17) is 0 Å². The second-order valence-corrected chi connectivity index (χ2v) is 5.20. The molecule has 0 aliphatic heterocycles. The Labute approximate surface area is 106 Å². The Morgan fingerprint density at radius 1 is 1.00 bits per heavy atom. The van der Waals surface area contributed by atoms with E-state index in [2.05, 4.69) is 75.9 Å². The summed E-state index contributed by atoms with van der Waals surface area (Å²) in [5.41, 5.74) is 2.59. The lowest BCUT2D eigenvalue weighted by molar-refractivity contribution is 0.196. The summed E-state index contributed by atoms with van der Waals surface area (Å²) in [5, 5.41) is 0. The molecular weight excluding hydrogens is 206 g/mol. The van der Waals surface area contributed by atoms with Gasteiger partial charge in [-0.25, -0.2) is 0 Å². The number of nitrogens with zero attached hydrogens (tertiary/aromatic N) is 1. The lowest BCUT2D eigenvalue weighted by Crippen LogP contribution is -2.36. The molecule has 0 aromatic heterocycles. The maximum atomic E-state index is 2.48. The van der Waals surface area contributed by atoms with Gasteiger partial charge in [0.25, 0.3) is 0 Å². The van der Waals surface area contributed by atoms with E-state index in [-0.39, 0.29) is 0 Å². The van der Waals surface area contributed by atoms with Crippen LogP contribution in [0.5, 0.6) is 0 Å². The molecule has 0 saturated carbocycles. The molecule has 0 aliphatic rings. The predicted octanol–water partition coefficient (Wildman–Crippen LogP) is 4.13. The minimum atomic E-state index is 0.595. The first-order chi connectivity index (χ1) is 8.00. The highest BCUT2D eigenvalue weighted by Crippen LogP contribution is 2.08. The van der Waals surface area contributed by atoms with Crippen molar-refractivity contribution < 1.29 is 0 Å². The van der Waals surface area contributed by atoms with Crippen molar-refractivity contribution in [3.8, 4) is 0 Å². The quantitative estimate of drug-likeness (QED) is 0.736. The van der Waals surface area contributed by atoms with Crippen LogP contribution in [0.25, 0.3) is 6.08 Å². The highest BCUT2D eigenvalue weighted by atomic mass is 15.2. The van der Waals surface area contributed by atoms with E-state index in [0.717, 1.165) is 6.54 Å². The molecule has 0 atom stereocenters. The zero-order valence-corrected chi connectivity index (χ0v) is 11.8. The van der Waals surface area contributed by atoms with Gasteiger partial charge in [0.15, 0.2) is 0 Å². The molecule has 0 saturated heterocycles. The van der Waals surface area contributed by atoms with Crippen LogP contribution >= 0.6 is 0 Å². The van der Waals surface area contributed by atoms with E-state index in [1.54, 1.807) is 0 Å². The highest BCUT2D eigenvalue weighted by Gasteiger charge is 2.10. The molecule has 0 amide bonds. The standard InChI is InChI=1S/C16H25N/c1-13(2)17(14(3)4)12-6-7-16-10-8-15(5)9-11-16/h6-11,13-14H,12H2,1-5H3/b7-6+. The summed E-state index contributed by atoms with van der Waals surface area (Å²) in [4.78, 5) is 2.48. The molecule has 1 aromatic carbocycles. The lowest BCUT2D eigenvalue weighted by Gasteiger charge is -2.29. The maximum Gasteiger partial charge on any atom is 0.0171 e. The summed E-state index contributed by atoms with van der Waals surface area (Å²) < 4.78 is 0. The van der Waals surface area contributed by atoms with Crippen molar-refractivity contribution in [2.45, 2.75) is 46.7 Å². The van der Waals surface area contributed by atoms with Gasteiger partial charge in [-0.15, -0.1) is 0 Å². The Hall–Kier alpha value is -1.08. The first-order valence-electron chi connectivity index (χ1n) is 6.49. The molecule has 1 aromatic rings. The molecule has 0 fully saturated rings. The Balaban J connectivity index is 2.57. The Kier molecular flexibility index (Phi) is 5.43. The molecule has 1 nitrogen and oxygen atoms in total. The lowest BCUT2D eigenvalue weighted by atomic mass is 10.1. The third kappa shape index (κ3) is 4.74. The Morgan fingerprint density at radius 2 is 1.53 bits per heavy atom. The number of hydrogen-bond acceptors (Lipinski definition) is 1. The summed E-state index contributed by atoms with van der Waals surface area (Å²) in [5.74, 6) is 0. The first-order valence-corrected chi connectivity index (χ1v) is 6.49.